The Morgan fingerprint density at radius 1 is 0.741 bits per heavy atom. The average molecular weight is 349 g/mol. The Morgan fingerprint density at radius 2 is 1.41 bits per heavy atom. The summed E-state index contributed by atoms with van der Waals surface area (Å²) in [6.45, 7) is 0. The minimum absolute atomic E-state index is 0.314. The minimum Gasteiger partial charge on any atom is -0.402 e. The molecule has 128 valence electrons. The molecule has 1 aliphatic rings. The number of esters is 1. The zero-order chi connectivity index (χ0) is 18.2. The molecule has 0 bridgehead atoms. The van der Waals surface area contributed by atoms with Crippen molar-refractivity contribution in [3.05, 3.63) is 102 Å². The highest BCUT2D eigenvalue weighted by Gasteiger charge is 2.24. The maximum atomic E-state index is 12.4. The highest BCUT2D eigenvalue weighted by molar-refractivity contribution is 6.15. The number of aliphatic imine (C=N–C) groups is 1. The molecule has 0 atom stereocenters. The van der Waals surface area contributed by atoms with Gasteiger partial charge in [-0.25, -0.2) is 9.79 Å². The van der Waals surface area contributed by atoms with Crippen LogP contribution in [0.5, 0.6) is 0 Å². The molecule has 4 aromatic rings. The molecule has 0 amide bonds. The van der Waals surface area contributed by atoms with Gasteiger partial charge in [-0.05, 0) is 51.4 Å². The molecule has 0 spiro atoms. The molecule has 5 rings (SSSR count). The van der Waals surface area contributed by atoms with Crippen LogP contribution in [-0.4, -0.2) is 11.9 Å². The van der Waals surface area contributed by atoms with Crippen LogP contribution in [0, 0.1) is 0 Å². The van der Waals surface area contributed by atoms with E-state index in [0.717, 1.165) is 27.3 Å². The predicted molar refractivity (Wildman–Crippen MR) is 109 cm³/mol. The van der Waals surface area contributed by atoms with E-state index in [2.05, 4.69) is 35.3 Å². The number of ether oxygens (including phenoxy) is 1. The van der Waals surface area contributed by atoms with E-state index < -0.39 is 5.97 Å². The van der Waals surface area contributed by atoms with Gasteiger partial charge in [0, 0.05) is 5.56 Å². The quantitative estimate of drug-likeness (QED) is 0.278. The third kappa shape index (κ3) is 2.70. The number of carbonyl (C=O) groups is 1. The Labute approximate surface area is 156 Å². The Bertz CT molecular complexity index is 1250. The van der Waals surface area contributed by atoms with Crippen LogP contribution in [0.1, 0.15) is 11.1 Å². The van der Waals surface area contributed by atoms with Gasteiger partial charge in [-0.15, -0.1) is 0 Å². The first kappa shape index (κ1) is 15.5. The fourth-order valence-electron chi connectivity index (χ4n) is 3.46. The second-order valence-electron chi connectivity index (χ2n) is 6.43. The van der Waals surface area contributed by atoms with E-state index in [1.54, 1.807) is 0 Å². The summed E-state index contributed by atoms with van der Waals surface area (Å²) in [4.78, 5) is 16.8. The predicted octanol–water partition coefficient (Wildman–Crippen LogP) is 5.34. The lowest BCUT2D eigenvalue weighted by atomic mass is 9.97. The molecule has 0 unspecified atom stereocenters. The van der Waals surface area contributed by atoms with E-state index in [-0.39, 0.29) is 0 Å². The zero-order valence-corrected chi connectivity index (χ0v) is 14.4. The molecule has 0 N–H and O–H groups in total. The van der Waals surface area contributed by atoms with Crippen LogP contribution in [0.25, 0.3) is 27.6 Å². The number of carbonyl (C=O) groups excluding carboxylic acids is 1. The van der Waals surface area contributed by atoms with Gasteiger partial charge in [-0.3, -0.25) is 0 Å². The normalized spacial score (nSPS) is 15.3. The highest BCUT2D eigenvalue weighted by Crippen LogP contribution is 2.31. The number of benzene rings is 4. The monoisotopic (exact) mass is 349 g/mol. The molecule has 0 fully saturated rings. The molecule has 0 radical (unpaired) electrons. The van der Waals surface area contributed by atoms with Crippen LogP contribution in [0.15, 0.2) is 95.6 Å². The summed E-state index contributed by atoms with van der Waals surface area (Å²) in [6, 6.07) is 28.0. The maximum absolute atomic E-state index is 12.4. The lowest BCUT2D eigenvalue weighted by Crippen LogP contribution is -2.04. The Kier molecular flexibility index (Phi) is 3.58. The fourth-order valence-corrected chi connectivity index (χ4v) is 3.46. The SMILES string of the molecule is O=C1OC(c2ccccc2)=NC1=Cc1cc2ccccc2c2ccccc12. The van der Waals surface area contributed by atoms with Gasteiger partial charge >= 0.3 is 5.97 Å². The van der Waals surface area contributed by atoms with Gasteiger partial charge < -0.3 is 4.74 Å². The molecular weight excluding hydrogens is 334 g/mol. The van der Waals surface area contributed by atoms with Gasteiger partial charge in [-0.2, -0.15) is 0 Å². The van der Waals surface area contributed by atoms with E-state index in [0.29, 0.717) is 11.6 Å². The van der Waals surface area contributed by atoms with E-state index in [1.165, 1.54) is 5.39 Å². The molecule has 0 aromatic heterocycles. The summed E-state index contributed by atoms with van der Waals surface area (Å²) in [6.07, 6.45) is 1.81. The summed E-state index contributed by atoms with van der Waals surface area (Å²) < 4.78 is 5.37. The third-order valence-corrected chi connectivity index (χ3v) is 4.73. The molecule has 4 aromatic carbocycles. The second-order valence-corrected chi connectivity index (χ2v) is 6.43. The van der Waals surface area contributed by atoms with Crippen molar-refractivity contribution < 1.29 is 9.53 Å². The molecule has 0 aliphatic carbocycles. The minimum atomic E-state index is -0.425. The first-order chi connectivity index (χ1) is 13.3. The first-order valence-corrected chi connectivity index (χ1v) is 8.78. The lowest BCUT2D eigenvalue weighted by molar-refractivity contribution is -0.129. The fraction of sp³-hybridized carbons (Fsp3) is 0. The standard InChI is InChI=1S/C24H15NO2/c26-24-22(25-23(27-24)16-8-2-1-3-9-16)15-18-14-17-10-4-5-11-19(17)21-13-7-6-12-20(18)21/h1-15H. The van der Waals surface area contributed by atoms with Crippen LogP contribution in [0.3, 0.4) is 0 Å². The Morgan fingerprint density at radius 3 is 2.22 bits per heavy atom. The molecule has 27 heavy (non-hydrogen) atoms. The Balaban J connectivity index is 1.69. The van der Waals surface area contributed by atoms with Gasteiger partial charge in [-0.1, -0.05) is 66.7 Å². The molecule has 1 heterocycles. The van der Waals surface area contributed by atoms with Crippen molar-refractivity contribution in [3.8, 4) is 0 Å². The van der Waals surface area contributed by atoms with Crippen LogP contribution in [0.4, 0.5) is 0 Å². The van der Waals surface area contributed by atoms with Gasteiger partial charge in [0.2, 0.25) is 5.90 Å². The molecule has 3 heteroatoms. The zero-order valence-electron chi connectivity index (χ0n) is 14.4. The number of rotatable bonds is 2. The lowest BCUT2D eigenvalue weighted by Gasteiger charge is -2.07. The number of cyclic esters (lactones) is 1. The first-order valence-electron chi connectivity index (χ1n) is 8.78. The van der Waals surface area contributed by atoms with Crippen molar-refractivity contribution in [3.63, 3.8) is 0 Å². The van der Waals surface area contributed by atoms with Crippen molar-refractivity contribution in [2.45, 2.75) is 0 Å². The molecule has 1 aliphatic heterocycles. The van der Waals surface area contributed by atoms with E-state index in [1.807, 2.05) is 60.7 Å². The maximum Gasteiger partial charge on any atom is 0.363 e. The summed E-state index contributed by atoms with van der Waals surface area (Å²) in [5.41, 5.74) is 2.06. The van der Waals surface area contributed by atoms with Crippen molar-refractivity contribution in [1.82, 2.24) is 0 Å². The molecule has 0 saturated heterocycles. The van der Waals surface area contributed by atoms with Crippen molar-refractivity contribution in [1.29, 1.82) is 0 Å². The van der Waals surface area contributed by atoms with Gasteiger partial charge in [0.25, 0.3) is 0 Å². The van der Waals surface area contributed by atoms with Crippen molar-refractivity contribution in [2.75, 3.05) is 0 Å². The van der Waals surface area contributed by atoms with E-state index in [9.17, 15) is 4.79 Å². The number of nitrogens with zero attached hydrogens (tertiary/aromatic N) is 1. The summed E-state index contributed by atoms with van der Waals surface area (Å²) >= 11 is 0. The van der Waals surface area contributed by atoms with Gasteiger partial charge in [0.05, 0.1) is 0 Å². The highest BCUT2D eigenvalue weighted by atomic mass is 16.6. The largest absolute Gasteiger partial charge is 0.402 e. The third-order valence-electron chi connectivity index (χ3n) is 4.73. The van der Waals surface area contributed by atoms with Crippen LogP contribution >= 0.6 is 0 Å². The summed E-state index contributed by atoms with van der Waals surface area (Å²) in [5.74, 6) is -0.0805. The van der Waals surface area contributed by atoms with E-state index >= 15 is 0 Å². The molecule has 3 nitrogen and oxygen atoms in total. The summed E-state index contributed by atoms with van der Waals surface area (Å²) in [7, 11) is 0. The second kappa shape index (κ2) is 6.22. The van der Waals surface area contributed by atoms with Gasteiger partial charge in [0.1, 0.15) is 0 Å². The summed E-state index contributed by atoms with van der Waals surface area (Å²) in [5, 5.41) is 4.56. The van der Waals surface area contributed by atoms with Gasteiger partial charge in [0.15, 0.2) is 5.70 Å². The average Bonchev–Trinajstić information content (AvgIpc) is 3.09. The van der Waals surface area contributed by atoms with Crippen molar-refractivity contribution in [2.24, 2.45) is 4.99 Å². The smallest absolute Gasteiger partial charge is 0.363 e. The number of hydrogen-bond acceptors (Lipinski definition) is 3. The van der Waals surface area contributed by atoms with Crippen molar-refractivity contribution >= 4 is 39.5 Å². The Hall–Kier alpha value is -3.72. The van der Waals surface area contributed by atoms with Crippen LogP contribution in [-0.2, 0) is 9.53 Å². The number of hydrogen-bond donors (Lipinski definition) is 0. The van der Waals surface area contributed by atoms with E-state index in [4.69, 9.17) is 4.74 Å². The van der Waals surface area contributed by atoms with Crippen LogP contribution < -0.4 is 0 Å². The van der Waals surface area contributed by atoms with Crippen LogP contribution in [0.2, 0.25) is 0 Å². The molecule has 0 saturated carbocycles. The molecular formula is C24H15NO2. The number of fused-ring (bicyclic) bond motifs is 3. The topological polar surface area (TPSA) is 38.7 Å².